The van der Waals surface area contributed by atoms with Gasteiger partial charge in [0.25, 0.3) is 0 Å². The number of nitrogen functional groups attached to an aromatic ring is 1. The van der Waals surface area contributed by atoms with Crippen molar-refractivity contribution in [1.29, 1.82) is 0 Å². The number of nitrogens with two attached hydrogens (primary N) is 1. The van der Waals surface area contributed by atoms with Gasteiger partial charge in [0.1, 0.15) is 0 Å². The summed E-state index contributed by atoms with van der Waals surface area (Å²) in [6.45, 7) is 3.88. The molecule has 1 aromatic carbocycles. The maximum atomic E-state index is 6.00. The van der Waals surface area contributed by atoms with E-state index in [0.29, 0.717) is 0 Å². The number of nitrogens with zero attached hydrogens (tertiary/aromatic N) is 1. The Kier molecular flexibility index (Phi) is 2.82. The highest BCUT2D eigenvalue weighted by Gasteiger charge is 2.34. The number of thioether (sulfide) groups is 1. The summed E-state index contributed by atoms with van der Waals surface area (Å²) in [5, 5.41) is 0.757. The van der Waals surface area contributed by atoms with E-state index in [0.717, 1.165) is 16.9 Å². The van der Waals surface area contributed by atoms with E-state index in [-0.39, 0.29) is 0 Å². The highest BCUT2D eigenvalue weighted by molar-refractivity contribution is 8.00. The predicted octanol–water partition coefficient (Wildman–Crippen LogP) is 2.46. The fourth-order valence-corrected chi connectivity index (χ4v) is 4.23. The Morgan fingerprint density at radius 2 is 1.94 bits per heavy atom. The first-order chi connectivity index (χ1) is 7.83. The second kappa shape index (κ2) is 4.30. The Hall–Kier alpha value is -0.670. The number of benzene rings is 1. The number of piperidine rings is 3. The van der Waals surface area contributed by atoms with Gasteiger partial charge in [-0.3, -0.25) is 0 Å². The van der Waals surface area contributed by atoms with Crippen LogP contribution in [0.25, 0.3) is 0 Å². The average molecular weight is 234 g/mol. The van der Waals surface area contributed by atoms with Crippen molar-refractivity contribution in [1.82, 2.24) is 4.90 Å². The van der Waals surface area contributed by atoms with Crippen LogP contribution in [-0.4, -0.2) is 29.8 Å². The van der Waals surface area contributed by atoms with Crippen LogP contribution in [0.5, 0.6) is 0 Å². The van der Waals surface area contributed by atoms with E-state index in [1.54, 1.807) is 0 Å². The molecular formula is C13H18N2S. The molecule has 2 bridgehead atoms. The minimum absolute atomic E-state index is 0.757. The highest BCUT2D eigenvalue weighted by atomic mass is 32.2. The van der Waals surface area contributed by atoms with Gasteiger partial charge in [-0.15, -0.1) is 11.8 Å². The summed E-state index contributed by atoms with van der Waals surface area (Å²) < 4.78 is 0. The van der Waals surface area contributed by atoms with Crippen molar-refractivity contribution in [2.24, 2.45) is 5.92 Å². The molecule has 0 spiro atoms. The largest absolute Gasteiger partial charge is 0.398 e. The molecule has 2 N–H and O–H groups in total. The summed E-state index contributed by atoms with van der Waals surface area (Å²) in [5.41, 5.74) is 6.94. The van der Waals surface area contributed by atoms with Crippen molar-refractivity contribution < 1.29 is 0 Å². The Morgan fingerprint density at radius 1 is 1.19 bits per heavy atom. The highest BCUT2D eigenvalue weighted by Crippen LogP contribution is 2.39. The van der Waals surface area contributed by atoms with Crippen LogP contribution in [0.4, 0.5) is 5.69 Å². The summed E-state index contributed by atoms with van der Waals surface area (Å²) in [5.74, 6) is 0.912. The predicted molar refractivity (Wildman–Crippen MR) is 69.7 cm³/mol. The van der Waals surface area contributed by atoms with E-state index in [9.17, 15) is 0 Å². The van der Waals surface area contributed by atoms with Gasteiger partial charge in [-0.1, -0.05) is 12.1 Å². The van der Waals surface area contributed by atoms with Crippen molar-refractivity contribution >= 4 is 17.4 Å². The lowest BCUT2D eigenvalue weighted by Crippen LogP contribution is -2.48. The zero-order valence-electron chi connectivity index (χ0n) is 9.43. The van der Waals surface area contributed by atoms with Crippen LogP contribution in [0, 0.1) is 5.92 Å². The molecular weight excluding hydrogens is 216 g/mol. The Balaban J connectivity index is 1.73. The molecule has 3 heteroatoms. The molecule has 3 saturated heterocycles. The third-order valence-electron chi connectivity index (χ3n) is 3.79. The van der Waals surface area contributed by atoms with Crippen LogP contribution in [0.2, 0.25) is 0 Å². The third kappa shape index (κ3) is 1.94. The smallest absolute Gasteiger partial charge is 0.0452 e. The summed E-state index contributed by atoms with van der Waals surface area (Å²) in [6.07, 6.45) is 2.76. The zero-order chi connectivity index (χ0) is 11.0. The number of rotatable bonds is 2. The molecule has 3 aliphatic rings. The Bertz CT molecular complexity index is 372. The number of hydrogen-bond donors (Lipinski definition) is 1. The fraction of sp³-hybridized carbons (Fsp3) is 0.538. The lowest BCUT2D eigenvalue weighted by molar-refractivity contribution is 0.118. The van der Waals surface area contributed by atoms with E-state index in [4.69, 9.17) is 5.73 Å². The van der Waals surface area contributed by atoms with Gasteiger partial charge in [0.15, 0.2) is 0 Å². The van der Waals surface area contributed by atoms with E-state index >= 15 is 0 Å². The molecule has 0 amide bonds. The van der Waals surface area contributed by atoms with Gasteiger partial charge in [0.2, 0.25) is 0 Å². The molecule has 2 nitrogen and oxygen atoms in total. The van der Waals surface area contributed by atoms with Gasteiger partial charge in [-0.05, 0) is 44.0 Å². The molecule has 3 heterocycles. The summed E-state index contributed by atoms with van der Waals surface area (Å²) in [4.78, 5) is 3.86. The number of anilines is 1. The second-order valence-electron chi connectivity index (χ2n) is 4.83. The van der Waals surface area contributed by atoms with Crippen molar-refractivity contribution in [2.45, 2.75) is 23.0 Å². The van der Waals surface area contributed by atoms with Crippen molar-refractivity contribution in [3.05, 3.63) is 24.3 Å². The normalized spacial score (nSPS) is 32.9. The molecule has 1 aromatic rings. The van der Waals surface area contributed by atoms with Crippen LogP contribution in [0.1, 0.15) is 12.8 Å². The van der Waals surface area contributed by atoms with Gasteiger partial charge >= 0.3 is 0 Å². The van der Waals surface area contributed by atoms with E-state index in [2.05, 4.69) is 17.0 Å². The quantitative estimate of drug-likeness (QED) is 0.797. The van der Waals surface area contributed by atoms with Gasteiger partial charge in [0, 0.05) is 22.4 Å². The van der Waals surface area contributed by atoms with Crippen molar-refractivity contribution in [2.75, 3.05) is 25.4 Å². The standard InChI is InChI=1S/C13H18N2S/c14-11-3-1-2-4-12(11)16-13-9-15-7-5-10(13)6-8-15/h1-4,10,13H,5-9,14H2. The number of fused-ring (bicyclic) bond motifs is 3. The molecule has 0 aromatic heterocycles. The monoisotopic (exact) mass is 234 g/mol. The van der Waals surface area contributed by atoms with Crippen molar-refractivity contribution in [3.8, 4) is 0 Å². The molecule has 16 heavy (non-hydrogen) atoms. The van der Waals surface area contributed by atoms with E-state index < -0.39 is 0 Å². The van der Waals surface area contributed by atoms with Crippen LogP contribution in [0.15, 0.2) is 29.2 Å². The number of hydrogen-bond acceptors (Lipinski definition) is 3. The zero-order valence-corrected chi connectivity index (χ0v) is 10.2. The maximum Gasteiger partial charge on any atom is 0.0452 e. The first kappa shape index (κ1) is 10.5. The maximum absolute atomic E-state index is 6.00. The lowest BCUT2D eigenvalue weighted by atomic mass is 9.88. The van der Waals surface area contributed by atoms with Crippen LogP contribution in [0.3, 0.4) is 0 Å². The molecule has 3 fully saturated rings. The van der Waals surface area contributed by atoms with Gasteiger partial charge in [-0.2, -0.15) is 0 Å². The second-order valence-corrected chi connectivity index (χ2v) is 6.11. The molecule has 0 saturated carbocycles. The third-order valence-corrected chi connectivity index (χ3v) is 5.26. The molecule has 4 rings (SSSR count). The topological polar surface area (TPSA) is 29.3 Å². The van der Waals surface area contributed by atoms with Gasteiger partial charge < -0.3 is 10.6 Å². The minimum Gasteiger partial charge on any atom is -0.398 e. The summed E-state index contributed by atoms with van der Waals surface area (Å²) in [6, 6.07) is 8.25. The minimum atomic E-state index is 0.757. The Labute approximate surface area is 101 Å². The molecule has 86 valence electrons. The Morgan fingerprint density at radius 3 is 2.56 bits per heavy atom. The molecule has 0 radical (unpaired) electrons. The SMILES string of the molecule is Nc1ccccc1SC1CN2CCC1CC2. The van der Waals surface area contributed by atoms with E-state index in [1.807, 2.05) is 23.9 Å². The van der Waals surface area contributed by atoms with Gasteiger partial charge in [-0.25, -0.2) is 0 Å². The van der Waals surface area contributed by atoms with E-state index in [1.165, 1.54) is 37.4 Å². The molecule has 1 atom stereocenters. The summed E-state index contributed by atoms with van der Waals surface area (Å²) >= 11 is 1.99. The molecule has 1 unspecified atom stereocenters. The average Bonchev–Trinajstić information content (AvgIpc) is 2.34. The molecule has 3 aliphatic heterocycles. The van der Waals surface area contributed by atoms with Crippen LogP contribution >= 0.6 is 11.8 Å². The molecule has 0 aliphatic carbocycles. The van der Waals surface area contributed by atoms with Crippen molar-refractivity contribution in [3.63, 3.8) is 0 Å². The first-order valence-electron chi connectivity index (χ1n) is 6.06. The summed E-state index contributed by atoms with van der Waals surface area (Å²) in [7, 11) is 0. The van der Waals surface area contributed by atoms with Crippen LogP contribution in [-0.2, 0) is 0 Å². The van der Waals surface area contributed by atoms with Gasteiger partial charge in [0.05, 0.1) is 0 Å². The lowest BCUT2D eigenvalue weighted by Gasteiger charge is -2.44. The first-order valence-corrected chi connectivity index (χ1v) is 6.94. The van der Waals surface area contributed by atoms with Crippen LogP contribution < -0.4 is 5.73 Å². The number of para-hydroxylation sites is 1. The fourth-order valence-electron chi connectivity index (χ4n) is 2.80.